The monoisotopic (exact) mass is 518 g/mol. The topological polar surface area (TPSA) is 162 Å². The number of nitro groups is 1. The van der Waals surface area contributed by atoms with Crippen LogP contribution in [0.2, 0.25) is 0 Å². The summed E-state index contributed by atoms with van der Waals surface area (Å²) in [6.07, 6.45) is 2.45. The van der Waals surface area contributed by atoms with E-state index in [9.17, 15) is 24.8 Å². The molecule has 0 unspecified atom stereocenters. The molecule has 12 nitrogen and oxygen atoms in total. The molecular weight excluding hydrogens is 496 g/mol. The summed E-state index contributed by atoms with van der Waals surface area (Å²) >= 11 is 0. The number of amides is 2. The SMILES string of the molecule is CCOc1cc([N+](=O)[O-])cc(/C=N/NC(=O)C(=Cc2ccc3c(c2)OCO3)NC(=O)c2ccccc2)c1O. The predicted octanol–water partition coefficient (Wildman–Crippen LogP) is 3.35. The lowest BCUT2D eigenvalue weighted by atomic mass is 10.1. The fraction of sp³-hybridized carbons (Fsp3) is 0.115. The molecule has 3 aromatic rings. The van der Waals surface area contributed by atoms with Gasteiger partial charge in [0.05, 0.1) is 23.8 Å². The summed E-state index contributed by atoms with van der Waals surface area (Å²) in [6.45, 7) is 1.89. The number of non-ortho nitro benzene ring substituents is 1. The van der Waals surface area contributed by atoms with Gasteiger partial charge in [-0.1, -0.05) is 24.3 Å². The van der Waals surface area contributed by atoms with E-state index < -0.39 is 16.7 Å². The third-order valence-electron chi connectivity index (χ3n) is 5.21. The summed E-state index contributed by atoms with van der Waals surface area (Å²) in [7, 11) is 0. The molecule has 3 N–H and O–H groups in total. The zero-order chi connectivity index (χ0) is 27.1. The molecule has 0 aromatic heterocycles. The summed E-state index contributed by atoms with van der Waals surface area (Å²) in [4.78, 5) is 36.4. The van der Waals surface area contributed by atoms with Crippen LogP contribution in [0, 0.1) is 10.1 Å². The van der Waals surface area contributed by atoms with E-state index in [0.717, 1.165) is 18.3 Å². The maximum atomic E-state index is 13.0. The predicted molar refractivity (Wildman–Crippen MR) is 136 cm³/mol. The van der Waals surface area contributed by atoms with Gasteiger partial charge in [-0.2, -0.15) is 5.10 Å². The van der Waals surface area contributed by atoms with Crippen LogP contribution in [0.25, 0.3) is 6.08 Å². The second-order valence-corrected chi connectivity index (χ2v) is 7.76. The number of hydrazone groups is 1. The Morgan fingerprint density at radius 1 is 1.13 bits per heavy atom. The zero-order valence-electron chi connectivity index (χ0n) is 20.0. The summed E-state index contributed by atoms with van der Waals surface area (Å²) in [6, 6.07) is 15.4. The summed E-state index contributed by atoms with van der Waals surface area (Å²) in [5, 5.41) is 28.0. The van der Waals surface area contributed by atoms with Gasteiger partial charge in [-0.15, -0.1) is 0 Å². The lowest BCUT2D eigenvalue weighted by Gasteiger charge is -2.10. The number of phenolic OH excluding ortho intramolecular Hbond substituents is 1. The van der Waals surface area contributed by atoms with E-state index >= 15 is 0 Å². The number of nitro benzene ring substituents is 1. The van der Waals surface area contributed by atoms with Crippen molar-refractivity contribution >= 4 is 29.8 Å². The first kappa shape index (κ1) is 25.7. The third-order valence-corrected chi connectivity index (χ3v) is 5.21. The number of hydrogen-bond acceptors (Lipinski definition) is 9. The van der Waals surface area contributed by atoms with Crippen molar-refractivity contribution in [3.63, 3.8) is 0 Å². The molecule has 2 amide bonds. The van der Waals surface area contributed by atoms with Gasteiger partial charge in [-0.3, -0.25) is 19.7 Å². The second kappa shape index (κ2) is 11.6. The van der Waals surface area contributed by atoms with Gasteiger partial charge in [0, 0.05) is 17.2 Å². The minimum absolute atomic E-state index is 0.0578. The number of phenols is 1. The van der Waals surface area contributed by atoms with Gasteiger partial charge in [0.15, 0.2) is 23.0 Å². The number of carbonyl (C=O) groups is 2. The maximum Gasteiger partial charge on any atom is 0.287 e. The Morgan fingerprint density at radius 3 is 2.63 bits per heavy atom. The van der Waals surface area contributed by atoms with Crippen molar-refractivity contribution in [2.45, 2.75) is 6.92 Å². The van der Waals surface area contributed by atoms with Gasteiger partial charge in [0.2, 0.25) is 6.79 Å². The molecule has 194 valence electrons. The number of fused-ring (bicyclic) bond motifs is 1. The average molecular weight is 518 g/mol. The number of rotatable bonds is 9. The smallest absolute Gasteiger partial charge is 0.287 e. The molecule has 3 aromatic carbocycles. The van der Waals surface area contributed by atoms with Crippen LogP contribution in [-0.2, 0) is 4.79 Å². The fourth-order valence-corrected chi connectivity index (χ4v) is 3.42. The Bertz CT molecular complexity index is 1440. The van der Waals surface area contributed by atoms with Crippen molar-refractivity contribution in [1.82, 2.24) is 10.7 Å². The number of nitrogens with zero attached hydrogens (tertiary/aromatic N) is 2. The van der Waals surface area contributed by atoms with Crippen molar-refractivity contribution < 1.29 is 33.8 Å². The third kappa shape index (κ3) is 6.05. The molecule has 12 heteroatoms. The van der Waals surface area contributed by atoms with E-state index in [-0.39, 0.29) is 41.8 Å². The van der Waals surface area contributed by atoms with E-state index in [2.05, 4.69) is 15.8 Å². The molecule has 1 aliphatic heterocycles. The quantitative estimate of drug-likeness (QED) is 0.168. The minimum atomic E-state index is -0.793. The highest BCUT2D eigenvalue weighted by atomic mass is 16.7. The molecular formula is C26H22N4O8. The van der Waals surface area contributed by atoms with E-state index in [1.165, 1.54) is 6.08 Å². The first-order valence-corrected chi connectivity index (χ1v) is 11.3. The van der Waals surface area contributed by atoms with Gasteiger partial charge in [0.25, 0.3) is 17.5 Å². The van der Waals surface area contributed by atoms with Crippen molar-refractivity contribution in [3.8, 4) is 23.0 Å². The largest absolute Gasteiger partial charge is 0.504 e. The molecule has 0 fully saturated rings. The lowest BCUT2D eigenvalue weighted by Crippen LogP contribution is -2.32. The van der Waals surface area contributed by atoms with E-state index in [0.29, 0.717) is 22.6 Å². The normalized spacial score (nSPS) is 12.3. The van der Waals surface area contributed by atoms with Crippen LogP contribution in [-0.4, -0.2) is 41.5 Å². The van der Waals surface area contributed by atoms with E-state index in [4.69, 9.17) is 14.2 Å². The molecule has 38 heavy (non-hydrogen) atoms. The Hall–Kier alpha value is -5.39. The number of hydrogen-bond donors (Lipinski definition) is 3. The average Bonchev–Trinajstić information content (AvgIpc) is 3.38. The van der Waals surface area contributed by atoms with Crippen molar-refractivity contribution in [2.75, 3.05) is 13.4 Å². The Balaban J connectivity index is 1.59. The van der Waals surface area contributed by atoms with Gasteiger partial charge in [-0.25, -0.2) is 5.43 Å². The summed E-state index contributed by atoms with van der Waals surface area (Å²) < 4.78 is 15.9. The first-order valence-electron chi connectivity index (χ1n) is 11.3. The zero-order valence-corrected chi connectivity index (χ0v) is 20.0. The Kier molecular flexibility index (Phi) is 7.82. The maximum absolute atomic E-state index is 13.0. The van der Waals surface area contributed by atoms with Gasteiger partial charge >= 0.3 is 0 Å². The van der Waals surface area contributed by atoms with Crippen LogP contribution in [0.4, 0.5) is 5.69 Å². The molecule has 0 atom stereocenters. The molecule has 0 saturated heterocycles. The lowest BCUT2D eigenvalue weighted by molar-refractivity contribution is -0.385. The van der Waals surface area contributed by atoms with Crippen LogP contribution in [0.5, 0.6) is 23.0 Å². The van der Waals surface area contributed by atoms with Gasteiger partial charge < -0.3 is 24.6 Å². The molecule has 1 heterocycles. The molecule has 4 rings (SSSR count). The molecule has 0 radical (unpaired) electrons. The highest BCUT2D eigenvalue weighted by molar-refractivity contribution is 6.05. The molecule has 0 bridgehead atoms. The second-order valence-electron chi connectivity index (χ2n) is 7.76. The number of benzene rings is 3. The van der Waals surface area contributed by atoms with Crippen LogP contribution < -0.4 is 25.0 Å². The summed E-state index contributed by atoms with van der Waals surface area (Å²) in [5.74, 6) is -0.782. The van der Waals surface area contributed by atoms with Crippen molar-refractivity contribution in [3.05, 3.63) is 93.2 Å². The van der Waals surface area contributed by atoms with Crippen LogP contribution in [0.3, 0.4) is 0 Å². The molecule has 1 aliphatic rings. The standard InChI is InChI=1S/C26H22N4O8/c1-2-36-23-13-19(30(34)35)12-18(24(23)31)14-27-29-26(33)20(28-25(32)17-6-4-3-5-7-17)10-16-8-9-21-22(11-16)38-15-37-21/h3-14,31H,2,15H2,1H3,(H,28,32)(H,29,33)/b20-10?,27-14+. The van der Waals surface area contributed by atoms with Crippen LogP contribution in [0.15, 0.2) is 71.5 Å². The van der Waals surface area contributed by atoms with Crippen molar-refractivity contribution in [2.24, 2.45) is 5.10 Å². The number of carbonyl (C=O) groups excluding carboxylic acids is 2. The highest BCUT2D eigenvalue weighted by Crippen LogP contribution is 2.34. The minimum Gasteiger partial charge on any atom is -0.504 e. The van der Waals surface area contributed by atoms with Crippen LogP contribution in [0.1, 0.15) is 28.4 Å². The highest BCUT2D eigenvalue weighted by Gasteiger charge is 2.18. The molecule has 0 saturated carbocycles. The number of ether oxygens (including phenoxy) is 3. The van der Waals surface area contributed by atoms with E-state index in [1.54, 1.807) is 55.5 Å². The Labute approximate surface area is 216 Å². The molecule has 0 spiro atoms. The number of nitrogens with one attached hydrogen (secondary N) is 2. The van der Waals surface area contributed by atoms with Gasteiger partial charge in [0.1, 0.15) is 5.70 Å². The number of aromatic hydroxyl groups is 1. The van der Waals surface area contributed by atoms with Gasteiger partial charge in [-0.05, 0) is 42.8 Å². The summed E-state index contributed by atoms with van der Waals surface area (Å²) in [5.41, 5.74) is 2.58. The van der Waals surface area contributed by atoms with E-state index in [1.807, 2.05) is 0 Å². The van der Waals surface area contributed by atoms with Crippen LogP contribution >= 0.6 is 0 Å². The first-order chi connectivity index (χ1) is 18.4. The van der Waals surface area contributed by atoms with Crippen molar-refractivity contribution in [1.29, 1.82) is 0 Å². The fourth-order valence-electron chi connectivity index (χ4n) is 3.42. The Morgan fingerprint density at radius 2 is 1.89 bits per heavy atom. The molecule has 0 aliphatic carbocycles.